The molecule has 0 spiro atoms. The van der Waals surface area contributed by atoms with Crippen LogP contribution in [0.2, 0.25) is 0 Å². The predicted molar refractivity (Wildman–Crippen MR) is 70.8 cm³/mol. The maximum Gasteiger partial charge on any atom is 0.416 e. The summed E-state index contributed by atoms with van der Waals surface area (Å²) in [6.07, 6.45) is -4.22. The van der Waals surface area contributed by atoms with Crippen LogP contribution in [0.1, 0.15) is 18.9 Å². The van der Waals surface area contributed by atoms with Crippen molar-refractivity contribution in [2.45, 2.75) is 25.6 Å². The van der Waals surface area contributed by atoms with Crippen LogP contribution in [-0.2, 0) is 6.18 Å². The zero-order valence-corrected chi connectivity index (χ0v) is 11.4. The highest BCUT2D eigenvalue weighted by atomic mass is 19.4. The van der Waals surface area contributed by atoms with Crippen molar-refractivity contribution >= 4 is 11.6 Å². The number of aromatic nitrogens is 1. The molecule has 1 fully saturated rings. The largest absolute Gasteiger partial charge is 0.416 e. The number of anilines is 2. The van der Waals surface area contributed by atoms with Crippen LogP contribution < -0.4 is 10.2 Å². The van der Waals surface area contributed by atoms with E-state index in [0.29, 0.717) is 13.1 Å². The van der Waals surface area contributed by atoms with Crippen molar-refractivity contribution in [3.8, 4) is 0 Å². The molecule has 0 amide bonds. The van der Waals surface area contributed by atoms with Gasteiger partial charge in [0.15, 0.2) is 0 Å². The molecular formula is C13H18F3N3O. The molecule has 1 saturated heterocycles. The van der Waals surface area contributed by atoms with Gasteiger partial charge in [-0.1, -0.05) is 6.92 Å². The van der Waals surface area contributed by atoms with Crippen molar-refractivity contribution < 1.29 is 18.3 Å². The average Bonchev–Trinajstić information content (AvgIpc) is 2.40. The fraction of sp³-hybridized carbons (Fsp3) is 0.615. The number of hydrogen-bond donors (Lipinski definition) is 2. The highest BCUT2D eigenvalue weighted by Crippen LogP contribution is 2.33. The Kier molecular flexibility index (Phi) is 4.08. The molecule has 0 radical (unpaired) electrons. The van der Waals surface area contributed by atoms with Crippen LogP contribution in [0.5, 0.6) is 0 Å². The number of rotatable bonds is 2. The minimum absolute atomic E-state index is 0.154. The van der Waals surface area contributed by atoms with Gasteiger partial charge in [0.25, 0.3) is 0 Å². The Morgan fingerprint density at radius 3 is 2.65 bits per heavy atom. The highest BCUT2D eigenvalue weighted by molar-refractivity contribution is 5.51. The summed E-state index contributed by atoms with van der Waals surface area (Å²) >= 11 is 0. The first-order valence-electron chi connectivity index (χ1n) is 6.51. The van der Waals surface area contributed by atoms with Gasteiger partial charge in [0.1, 0.15) is 11.6 Å². The van der Waals surface area contributed by atoms with Crippen LogP contribution >= 0.6 is 0 Å². The minimum atomic E-state index is -4.41. The van der Waals surface area contributed by atoms with Crippen molar-refractivity contribution in [3.63, 3.8) is 0 Å². The summed E-state index contributed by atoms with van der Waals surface area (Å²) in [5.74, 6) is 0.568. The van der Waals surface area contributed by atoms with Crippen molar-refractivity contribution in [2.24, 2.45) is 5.92 Å². The minimum Gasteiger partial charge on any atom is -0.391 e. The lowest BCUT2D eigenvalue weighted by Gasteiger charge is -2.35. The molecule has 2 rings (SSSR count). The number of hydrogen-bond acceptors (Lipinski definition) is 4. The van der Waals surface area contributed by atoms with Gasteiger partial charge < -0.3 is 15.3 Å². The maximum absolute atomic E-state index is 12.9. The molecule has 0 saturated carbocycles. The molecular weight excluding hydrogens is 271 g/mol. The number of nitrogens with zero attached hydrogens (tertiary/aromatic N) is 2. The topological polar surface area (TPSA) is 48.4 Å². The number of alkyl halides is 3. The molecule has 4 nitrogen and oxygen atoms in total. The summed E-state index contributed by atoms with van der Waals surface area (Å²) in [5.41, 5.74) is -0.736. The van der Waals surface area contributed by atoms with E-state index in [-0.39, 0.29) is 17.6 Å². The zero-order chi connectivity index (χ0) is 14.9. The molecule has 2 atom stereocenters. The van der Waals surface area contributed by atoms with Crippen LogP contribution in [0.4, 0.5) is 24.8 Å². The number of β-amino-alcohol motifs (C(OH)–C–C–N with tert-alkyl or cyclic N) is 1. The van der Waals surface area contributed by atoms with E-state index in [0.717, 1.165) is 18.6 Å². The molecule has 1 aromatic rings. The van der Waals surface area contributed by atoms with Gasteiger partial charge in [-0.15, -0.1) is 0 Å². The van der Waals surface area contributed by atoms with Crippen LogP contribution in [0.25, 0.3) is 0 Å². The first kappa shape index (κ1) is 14.9. The fourth-order valence-electron chi connectivity index (χ4n) is 2.23. The maximum atomic E-state index is 12.9. The number of aliphatic hydroxyl groups excluding tert-OH is 1. The molecule has 2 heterocycles. The Morgan fingerprint density at radius 1 is 1.40 bits per heavy atom. The third-order valence-corrected chi connectivity index (χ3v) is 3.64. The number of aliphatic hydroxyl groups is 1. The molecule has 20 heavy (non-hydrogen) atoms. The van der Waals surface area contributed by atoms with E-state index in [1.165, 1.54) is 7.05 Å². The number of halogens is 3. The molecule has 0 aromatic carbocycles. The summed E-state index contributed by atoms with van der Waals surface area (Å²) in [7, 11) is 1.53. The fourth-order valence-corrected chi connectivity index (χ4v) is 2.23. The third-order valence-electron chi connectivity index (χ3n) is 3.64. The number of pyridine rings is 1. The second-order valence-electron chi connectivity index (χ2n) is 5.13. The van der Waals surface area contributed by atoms with Crippen molar-refractivity contribution in [3.05, 3.63) is 17.7 Å². The van der Waals surface area contributed by atoms with E-state index >= 15 is 0 Å². The van der Waals surface area contributed by atoms with Crippen molar-refractivity contribution in [1.82, 2.24) is 4.98 Å². The molecule has 2 unspecified atom stereocenters. The van der Waals surface area contributed by atoms with Crippen molar-refractivity contribution in [1.29, 1.82) is 0 Å². The van der Waals surface area contributed by atoms with E-state index in [1.54, 1.807) is 4.90 Å². The van der Waals surface area contributed by atoms with Gasteiger partial charge in [0.05, 0.1) is 11.7 Å². The Bertz CT molecular complexity index is 478. The standard InChI is InChI=1S/C13H18F3N3O/c1-8-3-4-19(7-10(8)20)12-6-9(13(14,15)16)5-11(17-2)18-12/h5-6,8,10,20H,3-4,7H2,1-2H3,(H,17,18). The van der Waals surface area contributed by atoms with Gasteiger partial charge in [-0.3, -0.25) is 0 Å². The number of nitrogens with one attached hydrogen (secondary N) is 1. The second-order valence-corrected chi connectivity index (χ2v) is 5.13. The molecule has 1 aromatic heterocycles. The molecule has 2 N–H and O–H groups in total. The molecule has 0 aliphatic carbocycles. The summed E-state index contributed by atoms with van der Waals surface area (Å²) in [5, 5.41) is 12.5. The Labute approximate surface area is 115 Å². The van der Waals surface area contributed by atoms with Gasteiger partial charge in [-0.05, 0) is 24.5 Å². The predicted octanol–water partition coefficient (Wildman–Crippen LogP) is 2.35. The van der Waals surface area contributed by atoms with Gasteiger partial charge >= 0.3 is 6.18 Å². The Morgan fingerprint density at radius 2 is 2.10 bits per heavy atom. The van der Waals surface area contributed by atoms with E-state index in [4.69, 9.17) is 0 Å². The summed E-state index contributed by atoms with van der Waals surface area (Å²) in [6, 6.07) is 2.01. The molecule has 7 heteroatoms. The lowest BCUT2D eigenvalue weighted by molar-refractivity contribution is -0.137. The summed E-state index contributed by atoms with van der Waals surface area (Å²) < 4.78 is 38.6. The lowest BCUT2D eigenvalue weighted by atomic mass is 9.96. The lowest BCUT2D eigenvalue weighted by Crippen LogP contribution is -2.43. The smallest absolute Gasteiger partial charge is 0.391 e. The molecule has 112 valence electrons. The molecule has 1 aliphatic rings. The summed E-state index contributed by atoms with van der Waals surface area (Å²) in [6.45, 7) is 2.83. The van der Waals surface area contributed by atoms with E-state index in [9.17, 15) is 18.3 Å². The van der Waals surface area contributed by atoms with Gasteiger partial charge in [-0.2, -0.15) is 13.2 Å². The normalized spacial score (nSPS) is 23.8. The molecule has 1 aliphatic heterocycles. The Hall–Kier alpha value is -1.50. The second kappa shape index (κ2) is 5.47. The van der Waals surface area contributed by atoms with E-state index in [2.05, 4.69) is 10.3 Å². The van der Waals surface area contributed by atoms with Gasteiger partial charge in [0, 0.05) is 20.1 Å². The monoisotopic (exact) mass is 289 g/mol. The van der Waals surface area contributed by atoms with Crippen LogP contribution in [0.3, 0.4) is 0 Å². The van der Waals surface area contributed by atoms with Gasteiger partial charge in [-0.25, -0.2) is 4.98 Å². The first-order chi connectivity index (χ1) is 9.31. The van der Waals surface area contributed by atoms with Crippen LogP contribution in [-0.4, -0.2) is 36.3 Å². The molecule has 0 bridgehead atoms. The van der Waals surface area contributed by atoms with Crippen molar-refractivity contribution in [2.75, 3.05) is 30.4 Å². The van der Waals surface area contributed by atoms with Crippen LogP contribution in [0, 0.1) is 5.92 Å². The highest BCUT2D eigenvalue weighted by Gasteiger charge is 2.33. The van der Waals surface area contributed by atoms with E-state index < -0.39 is 17.8 Å². The van der Waals surface area contributed by atoms with Gasteiger partial charge in [0.2, 0.25) is 0 Å². The Balaban J connectivity index is 2.31. The third kappa shape index (κ3) is 3.15. The first-order valence-corrected chi connectivity index (χ1v) is 6.51. The summed E-state index contributed by atoms with van der Waals surface area (Å²) in [4.78, 5) is 5.85. The number of piperidine rings is 1. The SMILES string of the molecule is CNc1cc(C(F)(F)F)cc(N2CCC(C)C(O)C2)n1. The van der Waals surface area contributed by atoms with E-state index in [1.807, 2.05) is 6.92 Å². The zero-order valence-electron chi connectivity index (χ0n) is 11.4. The average molecular weight is 289 g/mol. The van der Waals surface area contributed by atoms with Crippen LogP contribution in [0.15, 0.2) is 12.1 Å². The quantitative estimate of drug-likeness (QED) is 0.877.